The topological polar surface area (TPSA) is 81.7 Å². The first kappa shape index (κ1) is 23.6. The number of guanidine groups is 1. The maximum atomic E-state index is 11.9. The molecule has 8 heteroatoms. The van der Waals surface area contributed by atoms with Gasteiger partial charge >= 0.3 is 0 Å². The number of nitrogens with zero attached hydrogens (tertiary/aromatic N) is 3. The predicted molar refractivity (Wildman–Crippen MR) is 115 cm³/mol. The minimum atomic E-state index is -0.142. The molecule has 1 amide bonds. The van der Waals surface area contributed by atoms with Crippen LogP contribution in [0.25, 0.3) is 0 Å². The molecule has 7 nitrogen and oxygen atoms in total. The Labute approximate surface area is 168 Å². The van der Waals surface area contributed by atoms with Gasteiger partial charge < -0.3 is 16.0 Å². The Morgan fingerprint density at radius 2 is 1.92 bits per heavy atom. The molecule has 1 aromatic rings. The number of nitrogens with one attached hydrogen (secondary N) is 3. The number of hydrogen-bond donors (Lipinski definition) is 3. The largest absolute Gasteiger partial charge is 0.355 e. The van der Waals surface area contributed by atoms with E-state index in [0.29, 0.717) is 23.7 Å². The molecule has 3 N–H and O–H groups in total. The van der Waals surface area contributed by atoms with Crippen molar-refractivity contribution in [2.45, 2.75) is 39.8 Å². The molecule has 0 aliphatic heterocycles. The standard InChI is InChI=1S/C17H30N6O.HI/c1-13(2)23(14(3)4)10-9-20-17(18-5)21-12-16(24)22-15-7-6-8-19-11-15;/h6-8,11,13-14H,9-10,12H2,1-5H3,(H,22,24)(H2,18,20,21);1H. The van der Waals surface area contributed by atoms with E-state index in [0.717, 1.165) is 13.1 Å². The molecule has 0 aliphatic carbocycles. The van der Waals surface area contributed by atoms with Gasteiger partial charge in [-0.05, 0) is 39.8 Å². The van der Waals surface area contributed by atoms with Gasteiger partial charge in [-0.25, -0.2) is 0 Å². The van der Waals surface area contributed by atoms with E-state index in [4.69, 9.17) is 0 Å². The number of carbonyl (C=O) groups is 1. The van der Waals surface area contributed by atoms with Gasteiger partial charge in [0.1, 0.15) is 0 Å². The highest BCUT2D eigenvalue weighted by molar-refractivity contribution is 14.0. The quantitative estimate of drug-likeness (QED) is 0.313. The molecule has 0 atom stereocenters. The van der Waals surface area contributed by atoms with E-state index in [1.165, 1.54) is 0 Å². The highest BCUT2D eigenvalue weighted by Crippen LogP contribution is 2.03. The van der Waals surface area contributed by atoms with Gasteiger partial charge in [0.2, 0.25) is 5.91 Å². The molecule has 142 valence electrons. The van der Waals surface area contributed by atoms with Crippen molar-refractivity contribution in [1.82, 2.24) is 20.5 Å². The predicted octanol–water partition coefficient (Wildman–Crippen LogP) is 1.92. The number of halogens is 1. The van der Waals surface area contributed by atoms with Crippen LogP contribution in [0.4, 0.5) is 5.69 Å². The second kappa shape index (κ2) is 12.9. The van der Waals surface area contributed by atoms with E-state index in [-0.39, 0.29) is 36.4 Å². The summed E-state index contributed by atoms with van der Waals surface area (Å²) in [4.78, 5) is 22.4. The first-order valence-corrected chi connectivity index (χ1v) is 8.34. The lowest BCUT2D eigenvalue weighted by atomic mass is 10.2. The van der Waals surface area contributed by atoms with Crippen LogP contribution in [0, 0.1) is 0 Å². The molecule has 0 saturated heterocycles. The molecule has 0 fully saturated rings. The summed E-state index contributed by atoms with van der Waals surface area (Å²) in [7, 11) is 1.69. The highest BCUT2D eigenvalue weighted by Gasteiger charge is 2.12. The zero-order chi connectivity index (χ0) is 17.9. The summed E-state index contributed by atoms with van der Waals surface area (Å²) < 4.78 is 0. The molecular formula is C17H31IN6O. The van der Waals surface area contributed by atoms with Crippen molar-refractivity contribution in [2.75, 3.05) is 32.0 Å². The monoisotopic (exact) mass is 462 g/mol. The van der Waals surface area contributed by atoms with Crippen LogP contribution in [0.2, 0.25) is 0 Å². The third kappa shape index (κ3) is 9.59. The molecule has 1 aromatic heterocycles. The molecular weight excluding hydrogens is 431 g/mol. The summed E-state index contributed by atoms with van der Waals surface area (Å²) in [5.41, 5.74) is 0.678. The van der Waals surface area contributed by atoms with E-state index < -0.39 is 0 Å². The number of anilines is 1. The first-order valence-electron chi connectivity index (χ1n) is 8.34. The van der Waals surface area contributed by atoms with E-state index in [9.17, 15) is 4.79 Å². The minimum Gasteiger partial charge on any atom is -0.355 e. The van der Waals surface area contributed by atoms with Crippen LogP contribution >= 0.6 is 24.0 Å². The Bertz CT molecular complexity index is 513. The molecule has 0 aliphatic rings. The molecule has 1 rings (SSSR count). The van der Waals surface area contributed by atoms with Gasteiger partial charge in [0, 0.05) is 38.4 Å². The van der Waals surface area contributed by atoms with Crippen molar-refractivity contribution in [3.05, 3.63) is 24.5 Å². The summed E-state index contributed by atoms with van der Waals surface area (Å²) in [6, 6.07) is 4.56. The number of carbonyl (C=O) groups excluding carboxylic acids is 1. The van der Waals surface area contributed by atoms with Crippen LogP contribution in [-0.2, 0) is 4.79 Å². The second-order valence-electron chi connectivity index (χ2n) is 6.07. The van der Waals surface area contributed by atoms with E-state index in [1.54, 1.807) is 31.6 Å². The van der Waals surface area contributed by atoms with Crippen molar-refractivity contribution < 1.29 is 4.79 Å². The SMILES string of the molecule is CN=C(NCCN(C(C)C)C(C)C)NCC(=O)Nc1cccnc1.I. The van der Waals surface area contributed by atoms with Crippen LogP contribution in [0.5, 0.6) is 0 Å². The van der Waals surface area contributed by atoms with Gasteiger partial charge in [-0.3, -0.25) is 19.7 Å². The minimum absolute atomic E-state index is 0. The van der Waals surface area contributed by atoms with E-state index in [1.807, 2.05) is 0 Å². The Kier molecular flexibility index (Phi) is 12.1. The number of hydrogen-bond acceptors (Lipinski definition) is 4. The van der Waals surface area contributed by atoms with Gasteiger partial charge in [-0.1, -0.05) is 0 Å². The summed E-state index contributed by atoms with van der Waals surface area (Å²) >= 11 is 0. The lowest BCUT2D eigenvalue weighted by Gasteiger charge is -2.30. The average Bonchev–Trinajstić information content (AvgIpc) is 2.54. The number of amides is 1. The molecule has 0 spiro atoms. The molecule has 0 unspecified atom stereocenters. The summed E-state index contributed by atoms with van der Waals surface area (Å²) in [5.74, 6) is 0.473. The maximum Gasteiger partial charge on any atom is 0.243 e. The summed E-state index contributed by atoms with van der Waals surface area (Å²) in [5, 5.41) is 9.01. The molecule has 25 heavy (non-hydrogen) atoms. The Hall–Kier alpha value is -1.42. The molecule has 0 aromatic carbocycles. The van der Waals surface area contributed by atoms with Gasteiger partial charge in [-0.2, -0.15) is 0 Å². The van der Waals surface area contributed by atoms with Gasteiger partial charge in [0.25, 0.3) is 0 Å². The number of aromatic nitrogens is 1. The van der Waals surface area contributed by atoms with Crippen LogP contribution in [0.1, 0.15) is 27.7 Å². The second-order valence-corrected chi connectivity index (χ2v) is 6.07. The number of aliphatic imine (C=N–C) groups is 1. The number of rotatable bonds is 8. The fraction of sp³-hybridized carbons (Fsp3) is 0.588. The van der Waals surface area contributed by atoms with Crippen LogP contribution in [0.15, 0.2) is 29.5 Å². The van der Waals surface area contributed by atoms with Gasteiger partial charge in [0.05, 0.1) is 18.4 Å². The molecule has 0 radical (unpaired) electrons. The summed E-state index contributed by atoms with van der Waals surface area (Å²) in [6.07, 6.45) is 3.27. The highest BCUT2D eigenvalue weighted by atomic mass is 127. The number of pyridine rings is 1. The van der Waals surface area contributed by atoms with Crippen molar-refractivity contribution in [3.8, 4) is 0 Å². The fourth-order valence-electron chi connectivity index (χ4n) is 2.44. The maximum absolute atomic E-state index is 11.9. The van der Waals surface area contributed by atoms with Gasteiger partial charge in [0.15, 0.2) is 5.96 Å². The lowest BCUT2D eigenvalue weighted by Crippen LogP contribution is -2.46. The Morgan fingerprint density at radius 3 is 2.44 bits per heavy atom. The Balaban J connectivity index is 0.00000576. The van der Waals surface area contributed by atoms with Crippen LogP contribution in [-0.4, -0.2) is 60.5 Å². The van der Waals surface area contributed by atoms with E-state index in [2.05, 4.69) is 58.5 Å². The molecule has 1 heterocycles. The third-order valence-corrected chi connectivity index (χ3v) is 3.57. The van der Waals surface area contributed by atoms with Crippen molar-refractivity contribution in [3.63, 3.8) is 0 Å². The van der Waals surface area contributed by atoms with Crippen molar-refractivity contribution in [2.24, 2.45) is 4.99 Å². The fourth-order valence-corrected chi connectivity index (χ4v) is 2.44. The normalized spacial score (nSPS) is 11.4. The average molecular weight is 462 g/mol. The smallest absolute Gasteiger partial charge is 0.243 e. The third-order valence-electron chi connectivity index (χ3n) is 3.57. The lowest BCUT2D eigenvalue weighted by molar-refractivity contribution is -0.115. The van der Waals surface area contributed by atoms with Crippen LogP contribution in [0.3, 0.4) is 0 Å². The van der Waals surface area contributed by atoms with Crippen molar-refractivity contribution >= 4 is 41.5 Å². The van der Waals surface area contributed by atoms with E-state index >= 15 is 0 Å². The van der Waals surface area contributed by atoms with Crippen molar-refractivity contribution in [1.29, 1.82) is 0 Å². The Morgan fingerprint density at radius 1 is 1.24 bits per heavy atom. The zero-order valence-corrected chi connectivity index (χ0v) is 18.1. The zero-order valence-electron chi connectivity index (χ0n) is 15.7. The molecule has 0 saturated carbocycles. The van der Waals surface area contributed by atoms with Crippen LogP contribution < -0.4 is 16.0 Å². The summed E-state index contributed by atoms with van der Waals surface area (Å²) in [6.45, 7) is 10.6. The first-order chi connectivity index (χ1) is 11.4. The van der Waals surface area contributed by atoms with Gasteiger partial charge in [-0.15, -0.1) is 24.0 Å². The molecule has 0 bridgehead atoms.